The first-order valence-electron chi connectivity index (χ1n) is 14.0. The van der Waals surface area contributed by atoms with Crippen LogP contribution >= 0.6 is 0 Å². The van der Waals surface area contributed by atoms with Crippen molar-refractivity contribution in [2.75, 3.05) is 20.3 Å². The molecule has 10 nitrogen and oxygen atoms in total. The second kappa shape index (κ2) is 11.2. The molecule has 0 unspecified atom stereocenters. The molecule has 5 rings (SSSR count). The molecule has 2 aliphatic heterocycles. The van der Waals surface area contributed by atoms with Gasteiger partial charge in [0.05, 0.1) is 49.8 Å². The van der Waals surface area contributed by atoms with Gasteiger partial charge in [0.2, 0.25) is 5.88 Å². The van der Waals surface area contributed by atoms with Crippen LogP contribution in [0.15, 0.2) is 24.7 Å². The zero-order chi connectivity index (χ0) is 28.6. The fraction of sp³-hybridized carbons (Fsp3) is 0.586. The second-order valence-electron chi connectivity index (χ2n) is 11.9. The van der Waals surface area contributed by atoms with Crippen molar-refractivity contribution in [3.8, 4) is 22.8 Å². The van der Waals surface area contributed by atoms with E-state index in [1.807, 2.05) is 42.7 Å². The quantitative estimate of drug-likeness (QED) is 0.446. The highest BCUT2D eigenvalue weighted by Gasteiger charge is 2.36. The fourth-order valence-electron chi connectivity index (χ4n) is 5.97. The van der Waals surface area contributed by atoms with Crippen molar-refractivity contribution in [3.05, 3.63) is 41.7 Å². The van der Waals surface area contributed by atoms with E-state index in [4.69, 9.17) is 19.3 Å². The van der Waals surface area contributed by atoms with Crippen LogP contribution in [-0.4, -0.2) is 73.5 Å². The van der Waals surface area contributed by atoms with E-state index >= 15 is 0 Å². The molecule has 0 aliphatic carbocycles. The van der Waals surface area contributed by atoms with Crippen molar-refractivity contribution < 1.29 is 23.4 Å². The smallest absolute Gasteiger partial charge is 0.410 e. The highest BCUT2D eigenvalue weighted by molar-refractivity contribution is 5.69. The predicted molar refractivity (Wildman–Crippen MR) is 147 cm³/mol. The third-order valence-corrected chi connectivity index (χ3v) is 7.56. The predicted octanol–water partition coefficient (Wildman–Crippen LogP) is 4.82. The van der Waals surface area contributed by atoms with Gasteiger partial charge in [0.15, 0.2) is 5.82 Å². The number of hydrogen-bond donors (Lipinski definition) is 0. The van der Waals surface area contributed by atoms with Gasteiger partial charge >= 0.3 is 6.09 Å². The number of piperidine rings is 1. The van der Waals surface area contributed by atoms with Crippen LogP contribution in [0.25, 0.3) is 16.9 Å². The Bertz CT molecular complexity index is 1350. The molecule has 1 saturated heterocycles. The van der Waals surface area contributed by atoms with Crippen LogP contribution < -0.4 is 4.74 Å². The Morgan fingerprint density at radius 1 is 1.15 bits per heavy atom. The lowest BCUT2D eigenvalue weighted by molar-refractivity contribution is -0.00864. The second-order valence-corrected chi connectivity index (χ2v) is 11.9. The molecule has 1 amide bonds. The van der Waals surface area contributed by atoms with E-state index in [1.54, 1.807) is 10.9 Å². The Balaban J connectivity index is 1.36. The molecule has 0 aromatic carbocycles. The first kappa shape index (κ1) is 28.1. The van der Waals surface area contributed by atoms with Gasteiger partial charge in [-0.2, -0.15) is 10.2 Å². The number of pyridine rings is 1. The molecule has 0 bridgehead atoms. The lowest BCUT2D eigenvalue weighted by Crippen LogP contribution is -2.51. The van der Waals surface area contributed by atoms with E-state index in [0.717, 1.165) is 41.9 Å². The summed E-state index contributed by atoms with van der Waals surface area (Å²) in [5.74, 6) is -0.218. The normalized spacial score (nSPS) is 21.6. The van der Waals surface area contributed by atoms with Gasteiger partial charge in [-0.3, -0.25) is 4.68 Å². The van der Waals surface area contributed by atoms with Crippen molar-refractivity contribution >= 4 is 6.09 Å². The third-order valence-electron chi connectivity index (χ3n) is 7.56. The number of nitrogens with zero attached hydrogens (tertiary/aromatic N) is 6. The van der Waals surface area contributed by atoms with Crippen LogP contribution in [-0.2, 0) is 28.9 Å². The largest absolute Gasteiger partial charge is 0.479 e. The molecule has 40 heavy (non-hydrogen) atoms. The number of methoxy groups -OCH3 is 1. The number of likely N-dealkylation sites (tertiary alicyclic amines) is 1. The summed E-state index contributed by atoms with van der Waals surface area (Å²) >= 11 is 0. The Kier molecular flexibility index (Phi) is 7.85. The van der Waals surface area contributed by atoms with Crippen molar-refractivity contribution in [2.24, 2.45) is 5.92 Å². The maximum Gasteiger partial charge on any atom is 0.410 e. The van der Waals surface area contributed by atoms with Crippen LogP contribution in [0.1, 0.15) is 58.7 Å². The molecule has 0 radical (unpaired) electrons. The SMILES string of the molecule is COc1ncc(-n2nc(-c3cnn(C[C@H]4C[C@@H](C)N(C(=O)OC(C)(C)C)[C@@H](C)C4)c3)c3c2CCOCC3)cc1F. The molecule has 1 fully saturated rings. The number of aromatic nitrogens is 5. The first-order chi connectivity index (χ1) is 19.0. The summed E-state index contributed by atoms with van der Waals surface area (Å²) in [6, 6.07) is 1.54. The Labute approximate surface area is 234 Å². The average Bonchev–Trinajstić information content (AvgIpc) is 3.39. The summed E-state index contributed by atoms with van der Waals surface area (Å²) in [5.41, 5.74) is 3.82. The van der Waals surface area contributed by atoms with Crippen molar-refractivity contribution in [3.63, 3.8) is 0 Å². The van der Waals surface area contributed by atoms with Gasteiger partial charge in [-0.25, -0.2) is 18.9 Å². The van der Waals surface area contributed by atoms with Gasteiger partial charge in [-0.05, 0) is 59.8 Å². The molecule has 3 atom stereocenters. The summed E-state index contributed by atoms with van der Waals surface area (Å²) in [5, 5.41) is 9.59. The number of ether oxygens (including phenoxy) is 3. The summed E-state index contributed by atoms with van der Waals surface area (Å²) in [7, 11) is 1.39. The number of halogens is 1. The molecule has 0 N–H and O–H groups in total. The van der Waals surface area contributed by atoms with Gasteiger partial charge < -0.3 is 19.1 Å². The zero-order valence-corrected chi connectivity index (χ0v) is 24.2. The number of rotatable bonds is 5. The van der Waals surface area contributed by atoms with Gasteiger partial charge in [0.1, 0.15) is 5.60 Å². The van der Waals surface area contributed by atoms with E-state index in [9.17, 15) is 9.18 Å². The standard InChI is InChI=1S/C29H39FN6O4/c1-18-11-20(12-19(2)35(18)28(37)40-29(3,4)5)16-34-17-21(14-32-34)26-23-7-9-39-10-8-25(23)36(33-26)22-13-24(30)27(38-6)31-15-22/h13-15,17-20H,7-12,16H2,1-6H3/t18-,19+,20+. The lowest BCUT2D eigenvalue weighted by Gasteiger charge is -2.42. The molecule has 3 aromatic heterocycles. The van der Waals surface area contributed by atoms with Crippen molar-refractivity contribution in [1.82, 2.24) is 29.4 Å². The number of carbonyl (C=O) groups is 1. The van der Waals surface area contributed by atoms with Crippen LogP contribution in [0.3, 0.4) is 0 Å². The van der Waals surface area contributed by atoms with E-state index in [1.165, 1.54) is 13.2 Å². The van der Waals surface area contributed by atoms with E-state index < -0.39 is 11.4 Å². The molecule has 0 saturated carbocycles. The number of carbonyl (C=O) groups excluding carboxylic acids is 1. The number of amides is 1. The van der Waals surface area contributed by atoms with Crippen LogP contribution in [0.4, 0.5) is 9.18 Å². The lowest BCUT2D eigenvalue weighted by atomic mass is 9.87. The zero-order valence-electron chi connectivity index (χ0n) is 24.2. The molecule has 5 heterocycles. The molecule has 0 spiro atoms. The molecule has 216 valence electrons. The molecule has 3 aromatic rings. The van der Waals surface area contributed by atoms with Gasteiger partial charge in [0.25, 0.3) is 0 Å². The average molecular weight is 555 g/mol. The van der Waals surface area contributed by atoms with Gasteiger partial charge in [-0.15, -0.1) is 0 Å². The minimum absolute atomic E-state index is 0.0487. The number of hydrogen-bond acceptors (Lipinski definition) is 7. The summed E-state index contributed by atoms with van der Waals surface area (Å²) in [6.07, 6.45) is 8.30. The molecular weight excluding hydrogens is 515 g/mol. The highest BCUT2D eigenvalue weighted by Crippen LogP contribution is 2.33. The Hall–Kier alpha value is -3.47. The maximum atomic E-state index is 14.5. The van der Waals surface area contributed by atoms with Crippen LogP contribution in [0, 0.1) is 11.7 Å². The number of fused-ring (bicyclic) bond motifs is 1. The minimum atomic E-state index is -0.537. The monoisotopic (exact) mass is 554 g/mol. The van der Waals surface area contributed by atoms with Gasteiger partial charge in [-0.1, -0.05) is 0 Å². The summed E-state index contributed by atoms with van der Waals surface area (Å²) < 4.78 is 34.6. The van der Waals surface area contributed by atoms with Crippen molar-refractivity contribution in [1.29, 1.82) is 0 Å². The fourth-order valence-corrected chi connectivity index (χ4v) is 5.97. The van der Waals surface area contributed by atoms with Crippen LogP contribution in [0.5, 0.6) is 5.88 Å². The van der Waals surface area contributed by atoms with E-state index in [2.05, 4.69) is 23.9 Å². The minimum Gasteiger partial charge on any atom is -0.479 e. The topological polar surface area (TPSA) is 96.5 Å². The first-order valence-corrected chi connectivity index (χ1v) is 14.0. The maximum absolute atomic E-state index is 14.5. The molecular formula is C29H39FN6O4. The Morgan fingerprint density at radius 3 is 2.55 bits per heavy atom. The Morgan fingerprint density at radius 2 is 1.88 bits per heavy atom. The van der Waals surface area contributed by atoms with E-state index in [0.29, 0.717) is 37.7 Å². The summed E-state index contributed by atoms with van der Waals surface area (Å²) in [4.78, 5) is 18.8. The van der Waals surface area contributed by atoms with Crippen molar-refractivity contribution in [2.45, 2.75) is 84.5 Å². The van der Waals surface area contributed by atoms with Gasteiger partial charge in [0, 0.05) is 48.4 Å². The summed E-state index contributed by atoms with van der Waals surface area (Å²) in [6.45, 7) is 11.8. The van der Waals surface area contributed by atoms with E-state index in [-0.39, 0.29) is 24.1 Å². The third kappa shape index (κ3) is 5.84. The molecule has 2 aliphatic rings. The molecule has 11 heteroatoms. The van der Waals surface area contributed by atoms with Crippen LogP contribution in [0.2, 0.25) is 0 Å². The highest BCUT2D eigenvalue weighted by atomic mass is 19.1.